The van der Waals surface area contributed by atoms with Crippen LogP contribution in [0.2, 0.25) is 0 Å². The monoisotopic (exact) mass is 498 g/mol. The van der Waals surface area contributed by atoms with E-state index in [-0.39, 0.29) is 28.7 Å². The van der Waals surface area contributed by atoms with Crippen LogP contribution < -0.4 is 16.4 Å². The molecular weight excluding hydrogens is 473 g/mol. The fraction of sp³-hybridized carbons (Fsp3) is 0.280. The van der Waals surface area contributed by atoms with E-state index in [4.69, 9.17) is 10.5 Å². The maximum absolute atomic E-state index is 14.6. The van der Waals surface area contributed by atoms with Crippen LogP contribution in [0.4, 0.5) is 18.9 Å². The molecule has 5 N–H and O–H groups in total. The molecule has 2 unspecified atom stereocenters. The molecule has 0 aliphatic carbocycles. The van der Waals surface area contributed by atoms with E-state index in [1.54, 1.807) is 54.7 Å². The van der Waals surface area contributed by atoms with E-state index >= 15 is 0 Å². The average molecular weight is 499 g/mol. The molecule has 3 aromatic rings. The van der Waals surface area contributed by atoms with Gasteiger partial charge in [0.15, 0.2) is 5.88 Å². The Balaban J connectivity index is 1.62. The Morgan fingerprint density at radius 1 is 1.22 bits per heavy atom. The highest BCUT2D eigenvalue weighted by molar-refractivity contribution is 6.04. The van der Waals surface area contributed by atoms with Gasteiger partial charge in [0.25, 0.3) is 0 Å². The number of allylic oxidation sites excluding steroid dienone is 2. The number of benzene rings is 2. The molecule has 36 heavy (non-hydrogen) atoms. The summed E-state index contributed by atoms with van der Waals surface area (Å²) >= 11 is 0. The highest BCUT2D eigenvalue weighted by atomic mass is 19.4. The number of hydrogen-bond acceptors (Lipinski definition) is 6. The summed E-state index contributed by atoms with van der Waals surface area (Å²) in [7, 11) is 0. The molecule has 2 aromatic carbocycles. The summed E-state index contributed by atoms with van der Waals surface area (Å²) in [5, 5.41) is 13.6. The van der Waals surface area contributed by atoms with Crippen molar-refractivity contribution in [1.29, 1.82) is 0 Å². The standard InChI is InChI=1S/C25H25F3N6O2/c26-25(27,28)34-21(36-14-18-7-4-10-30-18)12-19(15-5-2-1-3-6-15)22(23(29)35)24(34)32-17-9-8-16-13-31-33-20(16)11-17/h1-3,5-6,8-9,11-13,18,24,30,32H,4,7,10,14H2,(H2,29,35)(H,31,33). The zero-order chi connectivity index (χ0) is 25.3. The molecule has 1 saturated heterocycles. The maximum Gasteiger partial charge on any atom is 0.489 e. The smallest absolute Gasteiger partial charge is 0.477 e. The number of alkyl halides is 3. The van der Waals surface area contributed by atoms with Crippen LogP contribution in [0.3, 0.4) is 0 Å². The minimum atomic E-state index is -4.88. The predicted molar refractivity (Wildman–Crippen MR) is 129 cm³/mol. The molecular formula is C25H25F3N6O2. The predicted octanol–water partition coefficient (Wildman–Crippen LogP) is 3.69. The van der Waals surface area contributed by atoms with Crippen molar-refractivity contribution in [2.24, 2.45) is 5.73 Å². The van der Waals surface area contributed by atoms with Gasteiger partial charge in [-0.3, -0.25) is 9.89 Å². The molecule has 3 heterocycles. The number of carbonyl (C=O) groups excluding carboxylic acids is 1. The molecule has 1 fully saturated rings. The van der Waals surface area contributed by atoms with Gasteiger partial charge in [0.05, 0.1) is 17.3 Å². The van der Waals surface area contributed by atoms with Crippen molar-refractivity contribution in [2.45, 2.75) is 31.3 Å². The molecule has 11 heteroatoms. The molecule has 2 atom stereocenters. The summed E-state index contributed by atoms with van der Waals surface area (Å²) in [6.07, 6.45) is -1.97. The summed E-state index contributed by atoms with van der Waals surface area (Å²) in [6.45, 7) is 0.844. The van der Waals surface area contributed by atoms with Crippen molar-refractivity contribution < 1.29 is 22.7 Å². The van der Waals surface area contributed by atoms with E-state index in [2.05, 4.69) is 20.8 Å². The molecule has 1 amide bonds. The first kappa shape index (κ1) is 23.7. The minimum absolute atomic E-state index is 0.0548. The molecule has 8 nitrogen and oxygen atoms in total. The molecule has 0 spiro atoms. The number of amides is 1. The minimum Gasteiger partial charge on any atom is -0.477 e. The fourth-order valence-electron chi connectivity index (χ4n) is 4.59. The van der Waals surface area contributed by atoms with Crippen LogP contribution in [0.15, 0.2) is 72.3 Å². The van der Waals surface area contributed by atoms with Gasteiger partial charge in [-0.15, -0.1) is 13.2 Å². The number of fused-ring (bicyclic) bond motifs is 1. The number of H-pyrrole nitrogens is 1. The van der Waals surface area contributed by atoms with Gasteiger partial charge < -0.3 is 21.1 Å². The SMILES string of the molecule is NC(=O)C1=C(c2ccccc2)C=C(OCC2CCCN2)N(C(F)(F)F)C1Nc1ccc2cn[nH]c2c1. The van der Waals surface area contributed by atoms with Gasteiger partial charge in [0.2, 0.25) is 5.91 Å². The number of nitrogens with zero attached hydrogens (tertiary/aromatic N) is 2. The topological polar surface area (TPSA) is 108 Å². The van der Waals surface area contributed by atoms with Gasteiger partial charge in [0, 0.05) is 23.2 Å². The van der Waals surface area contributed by atoms with Gasteiger partial charge in [-0.05, 0) is 48.7 Å². The van der Waals surface area contributed by atoms with Crippen LogP contribution in [0.5, 0.6) is 0 Å². The van der Waals surface area contributed by atoms with Crippen molar-refractivity contribution in [3.63, 3.8) is 0 Å². The van der Waals surface area contributed by atoms with Gasteiger partial charge in [-0.1, -0.05) is 30.3 Å². The van der Waals surface area contributed by atoms with E-state index < -0.39 is 24.3 Å². The largest absolute Gasteiger partial charge is 0.489 e. The van der Waals surface area contributed by atoms with Gasteiger partial charge in [0.1, 0.15) is 12.8 Å². The lowest BCUT2D eigenvalue weighted by atomic mass is 9.93. The van der Waals surface area contributed by atoms with Crippen LogP contribution in [0.1, 0.15) is 18.4 Å². The first-order chi connectivity index (χ1) is 17.3. The Morgan fingerprint density at radius 3 is 2.72 bits per heavy atom. The van der Waals surface area contributed by atoms with E-state index in [9.17, 15) is 18.0 Å². The summed E-state index contributed by atoms with van der Waals surface area (Å²) in [4.78, 5) is 12.8. The van der Waals surface area contributed by atoms with Crippen molar-refractivity contribution in [3.8, 4) is 0 Å². The lowest BCUT2D eigenvalue weighted by Crippen LogP contribution is -2.54. The third-order valence-corrected chi connectivity index (χ3v) is 6.29. The molecule has 2 aliphatic heterocycles. The number of aromatic amines is 1. The molecule has 0 bridgehead atoms. The number of anilines is 1. The van der Waals surface area contributed by atoms with Gasteiger partial charge in [-0.2, -0.15) is 5.10 Å². The third-order valence-electron chi connectivity index (χ3n) is 6.29. The number of rotatable bonds is 7. The maximum atomic E-state index is 14.6. The van der Waals surface area contributed by atoms with Crippen molar-refractivity contribution in [2.75, 3.05) is 18.5 Å². The summed E-state index contributed by atoms with van der Waals surface area (Å²) in [6, 6.07) is 13.6. The lowest BCUT2D eigenvalue weighted by Gasteiger charge is -2.40. The number of aromatic nitrogens is 2. The molecule has 1 aromatic heterocycles. The third kappa shape index (κ3) is 4.74. The Bertz CT molecular complexity index is 1310. The molecule has 188 valence electrons. The average Bonchev–Trinajstić information content (AvgIpc) is 3.53. The first-order valence-corrected chi connectivity index (χ1v) is 11.5. The summed E-state index contributed by atoms with van der Waals surface area (Å²) in [5.74, 6) is -1.39. The Morgan fingerprint density at radius 2 is 2.03 bits per heavy atom. The van der Waals surface area contributed by atoms with Gasteiger partial charge >= 0.3 is 6.30 Å². The van der Waals surface area contributed by atoms with Crippen LogP contribution in [-0.2, 0) is 9.53 Å². The lowest BCUT2D eigenvalue weighted by molar-refractivity contribution is -0.253. The second-order valence-corrected chi connectivity index (χ2v) is 8.70. The van der Waals surface area contributed by atoms with Gasteiger partial charge in [-0.25, -0.2) is 4.90 Å². The van der Waals surface area contributed by atoms with Crippen molar-refractivity contribution in [1.82, 2.24) is 20.4 Å². The normalized spacial score (nSPS) is 20.5. The number of hydrogen-bond donors (Lipinski definition) is 4. The number of nitrogens with two attached hydrogens (primary N) is 1. The number of nitrogens with one attached hydrogen (secondary N) is 3. The number of ether oxygens (including phenoxy) is 1. The molecule has 5 rings (SSSR count). The quantitative estimate of drug-likeness (QED) is 0.370. The Hall–Kier alpha value is -3.99. The molecule has 0 saturated carbocycles. The highest BCUT2D eigenvalue weighted by Gasteiger charge is 2.49. The van der Waals surface area contributed by atoms with Crippen molar-refractivity contribution in [3.05, 3.63) is 77.8 Å². The molecule has 0 radical (unpaired) electrons. The van der Waals surface area contributed by atoms with E-state index in [0.29, 0.717) is 16.8 Å². The second-order valence-electron chi connectivity index (χ2n) is 8.70. The summed E-state index contributed by atoms with van der Waals surface area (Å²) in [5.41, 5.74) is 7.26. The van der Waals surface area contributed by atoms with Crippen LogP contribution in [0.25, 0.3) is 16.5 Å². The number of carbonyl (C=O) groups is 1. The Kier molecular flexibility index (Phi) is 6.31. The van der Waals surface area contributed by atoms with Crippen LogP contribution >= 0.6 is 0 Å². The second kappa shape index (κ2) is 9.57. The van der Waals surface area contributed by atoms with E-state index in [1.165, 1.54) is 6.08 Å². The zero-order valence-corrected chi connectivity index (χ0v) is 19.2. The van der Waals surface area contributed by atoms with Crippen molar-refractivity contribution >= 4 is 28.1 Å². The Labute approximate surface area is 205 Å². The van der Waals surface area contributed by atoms with Crippen LogP contribution in [0, 0.1) is 0 Å². The van der Waals surface area contributed by atoms with E-state index in [0.717, 1.165) is 24.8 Å². The fourth-order valence-corrected chi connectivity index (χ4v) is 4.59. The molecule has 2 aliphatic rings. The number of primary amides is 1. The van der Waals surface area contributed by atoms with Crippen LogP contribution in [-0.4, -0.2) is 52.7 Å². The highest BCUT2D eigenvalue weighted by Crippen LogP contribution is 2.40. The number of halogens is 3. The first-order valence-electron chi connectivity index (χ1n) is 11.5. The van der Waals surface area contributed by atoms with E-state index in [1.807, 2.05) is 0 Å². The zero-order valence-electron chi connectivity index (χ0n) is 19.2. The summed E-state index contributed by atoms with van der Waals surface area (Å²) < 4.78 is 49.5.